The van der Waals surface area contributed by atoms with Crippen LogP contribution in [0.2, 0.25) is 0 Å². The van der Waals surface area contributed by atoms with Crippen LogP contribution in [0.25, 0.3) is 0 Å². The van der Waals surface area contributed by atoms with E-state index in [-0.39, 0.29) is 18.4 Å². The molecule has 1 aliphatic rings. The van der Waals surface area contributed by atoms with Crippen LogP contribution in [0.1, 0.15) is 108 Å². The van der Waals surface area contributed by atoms with Crippen molar-refractivity contribution >= 4 is 35.3 Å². The number of ether oxygens (including phenoxy) is 1. The molecule has 0 radical (unpaired) electrons. The molecule has 10 nitrogen and oxygen atoms in total. The Balaban J connectivity index is -0.00000115. The van der Waals surface area contributed by atoms with Gasteiger partial charge in [-0.2, -0.15) is 0 Å². The van der Waals surface area contributed by atoms with Crippen molar-refractivity contribution in [3.63, 3.8) is 0 Å². The van der Waals surface area contributed by atoms with E-state index in [1.165, 1.54) is 5.57 Å². The van der Waals surface area contributed by atoms with E-state index in [9.17, 15) is 14.4 Å². The summed E-state index contributed by atoms with van der Waals surface area (Å²) in [4.78, 5) is 51.1. The summed E-state index contributed by atoms with van der Waals surface area (Å²) in [5.41, 5.74) is 7.46. The molecule has 0 bridgehead atoms. The third-order valence-electron chi connectivity index (χ3n) is 7.16. The van der Waals surface area contributed by atoms with E-state index in [2.05, 4.69) is 18.8 Å². The number of allylic oxidation sites excluding steroid dienone is 3. The Kier molecular flexibility index (Phi) is 27.8. The lowest BCUT2D eigenvalue weighted by molar-refractivity contribution is -0.139. The van der Waals surface area contributed by atoms with Gasteiger partial charge in [0.1, 0.15) is 6.04 Å². The van der Waals surface area contributed by atoms with Crippen LogP contribution in [0.3, 0.4) is 0 Å². The molecule has 2 rings (SSSR count). The molecule has 1 aromatic rings. The van der Waals surface area contributed by atoms with E-state index >= 15 is 0 Å². The monoisotopic (exact) mass is 722 g/mol. The summed E-state index contributed by atoms with van der Waals surface area (Å²) in [5.74, 6) is -1.59. The summed E-state index contributed by atoms with van der Waals surface area (Å²) < 4.78 is 5.82. The van der Waals surface area contributed by atoms with Crippen molar-refractivity contribution in [1.82, 2.24) is 15.1 Å². The number of rotatable bonds is 13. The molecule has 1 aliphatic heterocycles. The Hall–Kier alpha value is -3.47. The normalized spacial score (nSPS) is 13.7. The van der Waals surface area contributed by atoms with Gasteiger partial charge in [0, 0.05) is 38.2 Å². The number of carbonyl (C=O) groups is 4. The predicted octanol–water partition coefficient (Wildman–Crippen LogP) is 7.47. The first-order valence-electron chi connectivity index (χ1n) is 17.4. The highest BCUT2D eigenvalue weighted by Gasteiger charge is 2.43. The first-order valence-corrected chi connectivity index (χ1v) is 17.7. The minimum Gasteiger partial charge on any atom is -0.481 e. The largest absolute Gasteiger partial charge is 0.481 e. The molecule has 11 heteroatoms. The van der Waals surface area contributed by atoms with Crippen LogP contribution in [-0.2, 0) is 30.5 Å². The highest BCUT2D eigenvalue weighted by Crippen LogP contribution is 2.36. The third kappa shape index (κ3) is 20.9. The first kappa shape index (κ1) is 50.9. The topological polar surface area (TPSA) is 142 Å². The highest BCUT2D eigenvalue weighted by atomic mass is 35.5. The second-order valence-corrected chi connectivity index (χ2v) is 12.9. The van der Waals surface area contributed by atoms with Crippen molar-refractivity contribution < 1.29 is 29.0 Å². The van der Waals surface area contributed by atoms with Gasteiger partial charge in [0.15, 0.2) is 0 Å². The Morgan fingerprint density at radius 3 is 1.92 bits per heavy atom. The zero-order valence-corrected chi connectivity index (χ0v) is 33.9. The maximum Gasteiger partial charge on any atom is 0.300 e. The SMILES string of the molecule is C=C(C)C.CC.CC(=O)O.CC/C=C(\C)Cl.CCN(CC1=CC(=O)N(C)C1(CC)CC)C(=O)[C@@H](COCc1ccccc1)NC(=O)C(C)(C)N. The van der Waals surface area contributed by atoms with Crippen LogP contribution in [0.15, 0.2) is 65.2 Å². The van der Waals surface area contributed by atoms with Gasteiger partial charge in [-0.15, -0.1) is 6.58 Å². The second-order valence-electron chi connectivity index (χ2n) is 12.3. The molecule has 0 saturated heterocycles. The molecular weight excluding hydrogens is 656 g/mol. The summed E-state index contributed by atoms with van der Waals surface area (Å²) in [5, 5.41) is 11.1. The van der Waals surface area contributed by atoms with Crippen LogP contribution >= 0.6 is 11.6 Å². The number of benzene rings is 1. The van der Waals surface area contributed by atoms with Crippen molar-refractivity contribution in [3.05, 3.63) is 70.8 Å². The number of halogens is 1. The number of nitrogens with one attached hydrogen (secondary N) is 1. The smallest absolute Gasteiger partial charge is 0.300 e. The number of carboxylic acid groups (broad SMARTS) is 1. The standard InChI is InChI=1S/C26H40N4O4.C5H9Cl.C4H8.C2H4O2.C2H6/c1-7-26(8-2)20(15-22(31)29(26)6)16-30(9-3)23(32)21(28-24(33)25(4,5)27)18-34-17-19-13-11-10-12-14-19;1-3-4-5(2)6;1-4(2)3;1-2(3)4;1-2/h10-15,21H,7-9,16-18,27H2,1-6H3,(H,28,33);4H,3H2,1-2H3;1H2,2-3H3;1H3,(H,3,4);1-2H3/b;5-4+;;;/t21-;;;;/m1..../s1. The van der Waals surface area contributed by atoms with Gasteiger partial charge in [-0.05, 0) is 71.9 Å². The van der Waals surface area contributed by atoms with Gasteiger partial charge in [-0.3, -0.25) is 19.2 Å². The number of nitrogens with zero attached hydrogens (tertiary/aromatic N) is 2. The van der Waals surface area contributed by atoms with Crippen molar-refractivity contribution in [2.75, 3.05) is 26.7 Å². The molecule has 4 N–H and O–H groups in total. The molecule has 1 aromatic carbocycles. The average Bonchev–Trinajstić information content (AvgIpc) is 3.27. The fourth-order valence-electron chi connectivity index (χ4n) is 4.62. The Labute approximate surface area is 308 Å². The van der Waals surface area contributed by atoms with Gasteiger partial charge in [0.25, 0.3) is 5.97 Å². The van der Waals surface area contributed by atoms with Gasteiger partial charge >= 0.3 is 0 Å². The average molecular weight is 723 g/mol. The van der Waals surface area contributed by atoms with Gasteiger partial charge < -0.3 is 30.7 Å². The van der Waals surface area contributed by atoms with E-state index in [0.717, 1.165) is 42.4 Å². The lowest BCUT2D eigenvalue weighted by Gasteiger charge is -2.39. The third-order valence-corrected chi connectivity index (χ3v) is 7.32. The molecule has 0 aliphatic carbocycles. The lowest BCUT2D eigenvalue weighted by atomic mass is 9.85. The Morgan fingerprint density at radius 2 is 1.56 bits per heavy atom. The zero-order chi connectivity index (χ0) is 39.7. The fourth-order valence-corrected chi connectivity index (χ4v) is 4.77. The number of carbonyl (C=O) groups excluding carboxylic acids is 3. The number of hydrogen-bond donors (Lipinski definition) is 3. The molecule has 0 spiro atoms. The highest BCUT2D eigenvalue weighted by molar-refractivity contribution is 6.29. The lowest BCUT2D eigenvalue weighted by Crippen LogP contribution is -2.58. The van der Waals surface area contributed by atoms with E-state index in [1.54, 1.807) is 36.8 Å². The molecule has 0 fully saturated rings. The van der Waals surface area contributed by atoms with Crippen LogP contribution in [0, 0.1) is 0 Å². The first-order chi connectivity index (χ1) is 23.2. The molecule has 1 atom stereocenters. The quantitative estimate of drug-likeness (QED) is 0.179. The number of carboxylic acids is 1. The summed E-state index contributed by atoms with van der Waals surface area (Å²) in [6.45, 7) is 26.8. The summed E-state index contributed by atoms with van der Waals surface area (Å²) in [6.07, 6.45) is 6.17. The van der Waals surface area contributed by atoms with Crippen molar-refractivity contribution in [2.24, 2.45) is 5.73 Å². The number of hydrogen-bond acceptors (Lipinski definition) is 6. The minimum atomic E-state index is -1.14. The Morgan fingerprint density at radius 1 is 1.08 bits per heavy atom. The Bertz CT molecular complexity index is 1200. The number of amides is 3. The van der Waals surface area contributed by atoms with E-state index in [0.29, 0.717) is 19.7 Å². The van der Waals surface area contributed by atoms with Crippen molar-refractivity contribution in [1.29, 1.82) is 0 Å². The second kappa shape index (κ2) is 27.3. The van der Waals surface area contributed by atoms with E-state index in [1.807, 2.05) is 91.8 Å². The molecule has 1 heterocycles. The fraction of sp³-hybridized carbons (Fsp3) is 0.590. The van der Waals surface area contributed by atoms with E-state index < -0.39 is 29.0 Å². The van der Waals surface area contributed by atoms with Gasteiger partial charge in [0.2, 0.25) is 17.7 Å². The van der Waals surface area contributed by atoms with Gasteiger partial charge in [0.05, 0.1) is 24.3 Å². The van der Waals surface area contributed by atoms with Gasteiger partial charge in [-0.25, -0.2) is 0 Å². The van der Waals surface area contributed by atoms with Crippen molar-refractivity contribution in [3.8, 4) is 0 Å². The van der Waals surface area contributed by atoms with Crippen LogP contribution < -0.4 is 11.1 Å². The minimum absolute atomic E-state index is 0.0105. The van der Waals surface area contributed by atoms with Crippen LogP contribution in [0.5, 0.6) is 0 Å². The molecule has 0 aromatic heterocycles. The molecule has 0 unspecified atom stereocenters. The number of nitrogens with two attached hydrogens (primary N) is 1. The van der Waals surface area contributed by atoms with Gasteiger partial charge in [-0.1, -0.05) is 88.2 Å². The molecule has 50 heavy (non-hydrogen) atoms. The predicted molar refractivity (Wildman–Crippen MR) is 208 cm³/mol. The summed E-state index contributed by atoms with van der Waals surface area (Å²) in [6, 6.07) is 8.73. The summed E-state index contributed by atoms with van der Waals surface area (Å²) in [7, 11) is 1.81. The van der Waals surface area contributed by atoms with Crippen molar-refractivity contribution in [2.45, 2.75) is 126 Å². The van der Waals surface area contributed by atoms with E-state index in [4.69, 9.17) is 32.0 Å². The maximum atomic E-state index is 13.6. The zero-order valence-electron chi connectivity index (χ0n) is 33.1. The summed E-state index contributed by atoms with van der Waals surface area (Å²) >= 11 is 5.44. The molecule has 0 saturated carbocycles. The van der Waals surface area contributed by atoms with Crippen LogP contribution in [-0.4, -0.2) is 82.5 Å². The van der Waals surface area contributed by atoms with Crippen LogP contribution in [0.4, 0.5) is 0 Å². The molecule has 286 valence electrons. The number of aliphatic carboxylic acids is 1. The maximum absolute atomic E-state index is 13.6. The number of likely N-dealkylation sites (N-methyl/N-ethyl adjacent to an activating group) is 2. The molecular formula is C39H67ClN4O6. The molecule has 3 amide bonds.